The molecule has 0 bridgehead atoms. The van der Waals surface area contributed by atoms with Crippen LogP contribution >= 0.6 is 27.7 Å². The Kier molecular flexibility index (Phi) is 6.01. The van der Waals surface area contributed by atoms with Crippen molar-refractivity contribution in [1.82, 2.24) is 5.32 Å². The number of ether oxygens (including phenoxy) is 2. The Balaban J connectivity index is 2.08. The van der Waals surface area contributed by atoms with Crippen LogP contribution in [0, 0.1) is 0 Å². The molecule has 19 heavy (non-hydrogen) atoms. The highest BCUT2D eigenvalue weighted by Crippen LogP contribution is 2.25. The molecule has 2 unspecified atom stereocenters. The molecule has 0 aromatic heterocycles. The van der Waals surface area contributed by atoms with E-state index in [-0.39, 0.29) is 6.10 Å². The number of thioether (sulfide) groups is 1. The number of halogens is 1. The summed E-state index contributed by atoms with van der Waals surface area (Å²) >= 11 is 5.58. The zero-order valence-electron chi connectivity index (χ0n) is 11.3. The average Bonchev–Trinajstić information content (AvgIpc) is 2.47. The summed E-state index contributed by atoms with van der Waals surface area (Å²) in [6.45, 7) is 0.854. The van der Waals surface area contributed by atoms with Gasteiger partial charge < -0.3 is 14.8 Å². The first-order valence-corrected chi connectivity index (χ1v) is 8.38. The second kappa shape index (κ2) is 7.53. The van der Waals surface area contributed by atoms with Crippen molar-refractivity contribution in [2.45, 2.75) is 18.6 Å². The van der Waals surface area contributed by atoms with Gasteiger partial charge in [-0.15, -0.1) is 0 Å². The van der Waals surface area contributed by atoms with Gasteiger partial charge in [0.25, 0.3) is 0 Å². The van der Waals surface area contributed by atoms with E-state index in [1.807, 2.05) is 30.9 Å². The van der Waals surface area contributed by atoms with Crippen molar-refractivity contribution in [1.29, 1.82) is 0 Å². The predicted octanol–water partition coefficient (Wildman–Crippen LogP) is 2.72. The number of rotatable bonds is 5. The van der Waals surface area contributed by atoms with Gasteiger partial charge in [-0.25, -0.2) is 0 Å². The number of hydrogen-bond acceptors (Lipinski definition) is 4. The molecule has 0 radical (unpaired) electrons. The van der Waals surface area contributed by atoms with Gasteiger partial charge in [0.15, 0.2) is 0 Å². The molecule has 1 aliphatic rings. The molecular formula is C14H20BrNO2S. The lowest BCUT2D eigenvalue weighted by Gasteiger charge is -2.30. The van der Waals surface area contributed by atoms with E-state index in [1.54, 1.807) is 7.11 Å². The third kappa shape index (κ3) is 4.12. The van der Waals surface area contributed by atoms with Crippen LogP contribution in [0.2, 0.25) is 0 Å². The van der Waals surface area contributed by atoms with E-state index in [0.717, 1.165) is 34.8 Å². The smallest absolute Gasteiger partial charge is 0.119 e. The van der Waals surface area contributed by atoms with Crippen LogP contribution in [-0.4, -0.2) is 44.4 Å². The molecule has 1 saturated heterocycles. The normalized spacial score (nSPS) is 21.1. The fourth-order valence-corrected chi connectivity index (χ4v) is 3.58. The number of likely N-dealkylation sites (N-methyl/N-ethyl adjacent to an activating group) is 1. The minimum absolute atomic E-state index is 0.279. The monoisotopic (exact) mass is 345 g/mol. The SMILES string of the molecule is CNC(Cc1cc(OC)ccc1Br)C1CSCCO1. The van der Waals surface area contributed by atoms with Crippen molar-refractivity contribution in [3.05, 3.63) is 28.2 Å². The highest BCUT2D eigenvalue weighted by atomic mass is 79.9. The van der Waals surface area contributed by atoms with Gasteiger partial charge in [0.1, 0.15) is 5.75 Å². The third-order valence-electron chi connectivity index (χ3n) is 3.35. The van der Waals surface area contributed by atoms with Crippen LogP contribution < -0.4 is 10.1 Å². The Hall–Kier alpha value is -0.230. The Morgan fingerprint density at radius 1 is 1.58 bits per heavy atom. The van der Waals surface area contributed by atoms with Crippen LogP contribution in [0.1, 0.15) is 5.56 Å². The summed E-state index contributed by atoms with van der Waals surface area (Å²) in [5, 5.41) is 3.38. The van der Waals surface area contributed by atoms with Crippen LogP contribution in [0.3, 0.4) is 0 Å². The molecule has 1 fully saturated rings. The minimum atomic E-state index is 0.279. The molecule has 0 amide bonds. The van der Waals surface area contributed by atoms with Crippen LogP contribution in [0.4, 0.5) is 0 Å². The van der Waals surface area contributed by atoms with Gasteiger partial charge in [-0.05, 0) is 37.2 Å². The fraction of sp³-hybridized carbons (Fsp3) is 0.571. The van der Waals surface area contributed by atoms with E-state index in [4.69, 9.17) is 9.47 Å². The maximum Gasteiger partial charge on any atom is 0.119 e. The first kappa shape index (κ1) is 15.2. The van der Waals surface area contributed by atoms with Crippen molar-refractivity contribution in [3.63, 3.8) is 0 Å². The van der Waals surface area contributed by atoms with Gasteiger partial charge in [-0.1, -0.05) is 15.9 Å². The van der Waals surface area contributed by atoms with Crippen LogP contribution in [-0.2, 0) is 11.2 Å². The molecule has 2 rings (SSSR count). The lowest BCUT2D eigenvalue weighted by molar-refractivity contribution is 0.0491. The molecule has 0 saturated carbocycles. The van der Waals surface area contributed by atoms with E-state index in [9.17, 15) is 0 Å². The van der Waals surface area contributed by atoms with Crippen LogP contribution in [0.25, 0.3) is 0 Å². The van der Waals surface area contributed by atoms with Crippen molar-refractivity contribution in [2.75, 3.05) is 32.3 Å². The first-order chi connectivity index (χ1) is 9.24. The number of hydrogen-bond donors (Lipinski definition) is 1. The van der Waals surface area contributed by atoms with E-state index < -0.39 is 0 Å². The molecule has 0 spiro atoms. The summed E-state index contributed by atoms with van der Waals surface area (Å²) in [6, 6.07) is 6.42. The summed E-state index contributed by atoms with van der Waals surface area (Å²) in [5.74, 6) is 3.06. The molecule has 1 N–H and O–H groups in total. The van der Waals surface area contributed by atoms with Gasteiger partial charge >= 0.3 is 0 Å². The van der Waals surface area contributed by atoms with Gasteiger partial charge in [-0.3, -0.25) is 0 Å². The molecule has 1 aliphatic heterocycles. The summed E-state index contributed by atoms with van der Waals surface area (Å²) in [4.78, 5) is 0. The second-order valence-corrected chi connectivity index (χ2v) is 6.54. The molecule has 1 heterocycles. The Bertz CT molecular complexity index is 410. The van der Waals surface area contributed by atoms with Gasteiger partial charge in [0.05, 0.1) is 19.8 Å². The molecule has 3 nitrogen and oxygen atoms in total. The van der Waals surface area contributed by atoms with Crippen molar-refractivity contribution >= 4 is 27.7 Å². The van der Waals surface area contributed by atoms with Gasteiger partial charge in [0.2, 0.25) is 0 Å². The summed E-state index contributed by atoms with van der Waals surface area (Å²) < 4.78 is 12.3. The molecule has 0 aliphatic carbocycles. The average molecular weight is 346 g/mol. The predicted molar refractivity (Wildman–Crippen MR) is 84.3 cm³/mol. The molecule has 1 aromatic rings. The molecule has 106 valence electrons. The number of nitrogens with one attached hydrogen (secondary N) is 1. The van der Waals surface area contributed by atoms with E-state index in [2.05, 4.69) is 27.3 Å². The van der Waals surface area contributed by atoms with E-state index in [0.29, 0.717) is 6.04 Å². The molecular weight excluding hydrogens is 326 g/mol. The van der Waals surface area contributed by atoms with Crippen molar-refractivity contribution in [2.24, 2.45) is 0 Å². The Morgan fingerprint density at radius 2 is 2.42 bits per heavy atom. The van der Waals surface area contributed by atoms with Gasteiger partial charge in [-0.2, -0.15) is 11.8 Å². The maximum atomic E-state index is 5.87. The highest BCUT2D eigenvalue weighted by Gasteiger charge is 2.24. The molecule has 1 aromatic carbocycles. The van der Waals surface area contributed by atoms with Crippen molar-refractivity contribution < 1.29 is 9.47 Å². The maximum absolute atomic E-state index is 5.87. The summed E-state index contributed by atoms with van der Waals surface area (Å²) in [6.07, 6.45) is 1.21. The zero-order chi connectivity index (χ0) is 13.7. The highest BCUT2D eigenvalue weighted by molar-refractivity contribution is 9.10. The standard InChI is InChI=1S/C14H20BrNO2S/c1-16-13(14-9-19-6-5-18-14)8-10-7-11(17-2)3-4-12(10)15/h3-4,7,13-14,16H,5-6,8-9H2,1-2H3. The lowest BCUT2D eigenvalue weighted by Crippen LogP contribution is -2.44. The summed E-state index contributed by atoms with van der Waals surface area (Å²) in [5.41, 5.74) is 1.25. The van der Waals surface area contributed by atoms with Crippen LogP contribution in [0.5, 0.6) is 5.75 Å². The minimum Gasteiger partial charge on any atom is -0.497 e. The number of benzene rings is 1. The lowest BCUT2D eigenvalue weighted by atomic mass is 10.0. The topological polar surface area (TPSA) is 30.5 Å². The van der Waals surface area contributed by atoms with E-state index >= 15 is 0 Å². The quantitative estimate of drug-likeness (QED) is 0.888. The van der Waals surface area contributed by atoms with Crippen LogP contribution in [0.15, 0.2) is 22.7 Å². The Morgan fingerprint density at radius 3 is 3.05 bits per heavy atom. The first-order valence-electron chi connectivity index (χ1n) is 6.43. The summed E-state index contributed by atoms with van der Waals surface area (Å²) in [7, 11) is 3.70. The van der Waals surface area contributed by atoms with E-state index in [1.165, 1.54) is 5.56 Å². The largest absolute Gasteiger partial charge is 0.497 e. The third-order valence-corrected chi connectivity index (χ3v) is 5.15. The fourth-order valence-electron chi connectivity index (χ4n) is 2.23. The number of methoxy groups -OCH3 is 1. The molecule has 5 heteroatoms. The molecule has 2 atom stereocenters. The second-order valence-electron chi connectivity index (χ2n) is 4.54. The Labute approximate surface area is 127 Å². The van der Waals surface area contributed by atoms with Crippen molar-refractivity contribution in [3.8, 4) is 5.75 Å². The zero-order valence-corrected chi connectivity index (χ0v) is 13.7. The van der Waals surface area contributed by atoms with Gasteiger partial charge in [0, 0.05) is 22.0 Å².